The van der Waals surface area contributed by atoms with E-state index >= 15 is 0 Å². The first-order valence-electron chi connectivity index (χ1n) is 5.54. The summed E-state index contributed by atoms with van der Waals surface area (Å²) in [6.45, 7) is 9.39. The Morgan fingerprint density at radius 3 is 1.32 bits per heavy atom. The van der Waals surface area contributed by atoms with Crippen LogP contribution >= 0.6 is 0 Å². The number of carbonyl (C=O) groups excluding carboxylic acids is 2. The Kier molecular flexibility index (Phi) is 6.57. The summed E-state index contributed by atoms with van der Waals surface area (Å²) in [5, 5.41) is 0. The van der Waals surface area contributed by atoms with Crippen LogP contribution in [0.4, 0.5) is 9.59 Å². The molecular weight excluding hydrogens is 260 g/mol. The highest BCUT2D eigenvalue weighted by molar-refractivity contribution is 5.60. The van der Waals surface area contributed by atoms with Crippen molar-refractivity contribution in [2.45, 2.75) is 52.7 Å². The molecule has 112 valence electrons. The van der Waals surface area contributed by atoms with E-state index in [-0.39, 0.29) is 0 Å². The van der Waals surface area contributed by atoms with Crippen molar-refractivity contribution >= 4 is 12.3 Å². The van der Waals surface area contributed by atoms with Gasteiger partial charge in [-0.25, -0.2) is 9.59 Å². The topological polar surface area (TPSA) is 89.5 Å². The molecule has 0 radical (unpaired) electrons. The Morgan fingerprint density at radius 2 is 1.05 bits per heavy atom. The van der Waals surface area contributed by atoms with E-state index in [1.807, 2.05) is 0 Å². The molecule has 0 heterocycles. The minimum Gasteiger partial charge on any atom is -0.394 e. The minimum atomic E-state index is -1.14. The average Bonchev–Trinajstić information content (AvgIpc) is 2.22. The highest BCUT2D eigenvalue weighted by Gasteiger charge is 2.18. The maximum absolute atomic E-state index is 11.0. The van der Waals surface area contributed by atoms with Crippen LogP contribution in [0.2, 0.25) is 0 Å². The number of rotatable bonds is 4. The van der Waals surface area contributed by atoms with E-state index < -0.39 is 30.3 Å². The molecule has 0 aromatic heterocycles. The fourth-order valence-corrected chi connectivity index (χ4v) is 0.492. The molecule has 0 aliphatic rings. The second-order valence-corrected chi connectivity index (χ2v) is 5.46. The Morgan fingerprint density at radius 1 is 0.737 bits per heavy atom. The van der Waals surface area contributed by atoms with Crippen molar-refractivity contribution in [1.82, 2.24) is 0 Å². The third kappa shape index (κ3) is 12.7. The molecular formula is C11H20O8. The van der Waals surface area contributed by atoms with Crippen molar-refractivity contribution in [1.29, 1.82) is 0 Å². The molecule has 0 aliphatic heterocycles. The number of carbonyl (C=O) groups is 2. The molecule has 0 spiro atoms. The predicted molar refractivity (Wildman–Crippen MR) is 61.7 cm³/mol. The Balaban J connectivity index is 3.68. The van der Waals surface area contributed by atoms with E-state index in [2.05, 4.69) is 29.0 Å². The fraction of sp³-hybridized carbons (Fsp3) is 0.818. The zero-order valence-electron chi connectivity index (χ0n) is 12.0. The lowest BCUT2D eigenvalue weighted by atomic mass is 10.2. The Labute approximate surface area is 111 Å². The Hall–Kier alpha value is -1.54. The molecule has 0 atom stereocenters. The van der Waals surface area contributed by atoms with E-state index in [0.29, 0.717) is 0 Å². The normalized spacial score (nSPS) is 11.7. The van der Waals surface area contributed by atoms with Gasteiger partial charge in [0, 0.05) is 0 Å². The van der Waals surface area contributed by atoms with Crippen LogP contribution in [0.25, 0.3) is 0 Å². The molecule has 0 fully saturated rings. The van der Waals surface area contributed by atoms with E-state index in [1.54, 1.807) is 41.5 Å². The quantitative estimate of drug-likeness (QED) is 0.336. The lowest BCUT2D eigenvalue weighted by molar-refractivity contribution is -0.322. The SMILES string of the molecule is CC(C)(C)OOC(=O)OCOC(=O)OOC(C)(C)C. The summed E-state index contributed by atoms with van der Waals surface area (Å²) in [4.78, 5) is 39.8. The van der Waals surface area contributed by atoms with Gasteiger partial charge >= 0.3 is 12.3 Å². The van der Waals surface area contributed by atoms with Crippen molar-refractivity contribution < 1.29 is 38.6 Å². The lowest BCUT2D eigenvalue weighted by Crippen LogP contribution is -2.24. The molecule has 19 heavy (non-hydrogen) atoms. The van der Waals surface area contributed by atoms with Gasteiger partial charge in [0.05, 0.1) is 0 Å². The summed E-state index contributed by atoms with van der Waals surface area (Å²) in [6.07, 6.45) is -2.28. The van der Waals surface area contributed by atoms with E-state index in [0.717, 1.165) is 0 Å². The fourth-order valence-electron chi connectivity index (χ4n) is 0.492. The molecule has 0 bridgehead atoms. The molecule has 0 aliphatic carbocycles. The molecule has 8 heteroatoms. The first kappa shape index (κ1) is 17.5. The van der Waals surface area contributed by atoms with Crippen molar-refractivity contribution in [3.8, 4) is 0 Å². The van der Waals surface area contributed by atoms with E-state index in [4.69, 9.17) is 0 Å². The van der Waals surface area contributed by atoms with Crippen LogP contribution in [-0.4, -0.2) is 30.3 Å². The first-order chi connectivity index (χ1) is 8.49. The summed E-state index contributed by atoms with van der Waals surface area (Å²) >= 11 is 0. The second-order valence-electron chi connectivity index (χ2n) is 5.46. The first-order valence-corrected chi connectivity index (χ1v) is 5.54. The second kappa shape index (κ2) is 7.15. The molecule has 0 N–H and O–H groups in total. The maximum atomic E-state index is 11.0. The average molecular weight is 280 g/mol. The van der Waals surface area contributed by atoms with Crippen molar-refractivity contribution in [2.75, 3.05) is 6.79 Å². The number of ether oxygens (including phenoxy) is 2. The van der Waals surface area contributed by atoms with Gasteiger partial charge in [-0.05, 0) is 41.5 Å². The summed E-state index contributed by atoms with van der Waals surface area (Å²) in [5.74, 6) is 0. The summed E-state index contributed by atoms with van der Waals surface area (Å²) in [5.41, 5.74) is -1.33. The third-order valence-corrected chi connectivity index (χ3v) is 1.07. The van der Waals surface area contributed by atoms with Gasteiger partial charge in [0.25, 0.3) is 0 Å². The van der Waals surface area contributed by atoms with Gasteiger partial charge in [-0.3, -0.25) is 9.78 Å². The Bertz CT molecular complexity index is 269. The number of hydrogen-bond donors (Lipinski definition) is 0. The zero-order valence-corrected chi connectivity index (χ0v) is 12.0. The van der Waals surface area contributed by atoms with Crippen LogP contribution in [0.5, 0.6) is 0 Å². The standard InChI is InChI=1S/C11H20O8/c1-10(2,3)18-16-8(12)14-7-15-9(13)17-19-11(4,5)6/h7H2,1-6H3. The van der Waals surface area contributed by atoms with Crippen LogP contribution in [-0.2, 0) is 29.0 Å². The van der Waals surface area contributed by atoms with Crippen molar-refractivity contribution in [2.24, 2.45) is 0 Å². The highest BCUT2D eigenvalue weighted by atomic mass is 17.2. The van der Waals surface area contributed by atoms with Gasteiger partial charge in [0.1, 0.15) is 11.2 Å². The molecule has 0 rings (SSSR count). The molecule has 8 nitrogen and oxygen atoms in total. The predicted octanol–water partition coefficient (Wildman–Crippen LogP) is 2.71. The molecule has 0 saturated heterocycles. The third-order valence-electron chi connectivity index (χ3n) is 1.07. The van der Waals surface area contributed by atoms with Gasteiger partial charge < -0.3 is 9.47 Å². The highest BCUT2D eigenvalue weighted by Crippen LogP contribution is 2.08. The molecule has 0 aromatic carbocycles. The van der Waals surface area contributed by atoms with Gasteiger partial charge in [0.2, 0.25) is 6.79 Å². The lowest BCUT2D eigenvalue weighted by Gasteiger charge is -2.17. The minimum absolute atomic E-state index is 0.667. The van der Waals surface area contributed by atoms with Gasteiger partial charge in [-0.2, -0.15) is 9.78 Å². The van der Waals surface area contributed by atoms with Crippen molar-refractivity contribution in [3.05, 3.63) is 0 Å². The van der Waals surface area contributed by atoms with E-state index in [9.17, 15) is 9.59 Å². The molecule has 0 saturated carbocycles. The van der Waals surface area contributed by atoms with Crippen LogP contribution < -0.4 is 0 Å². The van der Waals surface area contributed by atoms with Gasteiger partial charge in [0.15, 0.2) is 0 Å². The van der Waals surface area contributed by atoms with Crippen LogP contribution in [0.1, 0.15) is 41.5 Å². The van der Waals surface area contributed by atoms with E-state index in [1.165, 1.54) is 0 Å². The smallest absolute Gasteiger partial charge is 0.394 e. The summed E-state index contributed by atoms with van der Waals surface area (Å²) < 4.78 is 8.75. The summed E-state index contributed by atoms with van der Waals surface area (Å²) in [6, 6.07) is 0. The largest absolute Gasteiger partial charge is 0.543 e. The molecule has 0 amide bonds. The van der Waals surface area contributed by atoms with Crippen molar-refractivity contribution in [3.63, 3.8) is 0 Å². The monoisotopic (exact) mass is 280 g/mol. The molecule has 0 unspecified atom stereocenters. The van der Waals surface area contributed by atoms with Crippen LogP contribution in [0.15, 0.2) is 0 Å². The van der Waals surface area contributed by atoms with Gasteiger partial charge in [-0.1, -0.05) is 0 Å². The van der Waals surface area contributed by atoms with Crippen LogP contribution in [0, 0.1) is 0 Å². The van der Waals surface area contributed by atoms with Crippen LogP contribution in [0.3, 0.4) is 0 Å². The maximum Gasteiger partial charge on any atom is 0.543 e. The summed E-state index contributed by atoms with van der Waals surface area (Å²) in [7, 11) is 0. The number of hydrogen-bond acceptors (Lipinski definition) is 8. The zero-order chi connectivity index (χ0) is 15.1. The van der Waals surface area contributed by atoms with Gasteiger partial charge in [-0.15, -0.1) is 0 Å². The molecule has 0 aromatic rings.